The summed E-state index contributed by atoms with van der Waals surface area (Å²) < 4.78 is 13.6. The van der Waals surface area contributed by atoms with E-state index in [4.69, 9.17) is 11.6 Å². The monoisotopic (exact) mass is 252 g/mol. The van der Waals surface area contributed by atoms with Crippen LogP contribution in [-0.2, 0) is 5.88 Å². The Morgan fingerprint density at radius 3 is 2.44 bits per heavy atom. The maximum absolute atomic E-state index is 13.6. The van der Waals surface area contributed by atoms with Crippen molar-refractivity contribution in [1.82, 2.24) is 0 Å². The molecule has 2 aromatic rings. The molecule has 0 unspecified atom stereocenters. The molecule has 0 aliphatic carbocycles. The summed E-state index contributed by atoms with van der Waals surface area (Å²) in [6.07, 6.45) is 0. The summed E-state index contributed by atoms with van der Waals surface area (Å²) in [5.41, 5.74) is 0.802. The number of rotatable bonds is 3. The number of halogens is 2. The fourth-order valence-electron chi connectivity index (χ4n) is 1.33. The van der Waals surface area contributed by atoms with Gasteiger partial charge in [-0.05, 0) is 29.8 Å². The van der Waals surface area contributed by atoms with Gasteiger partial charge in [-0.25, -0.2) is 4.39 Å². The van der Waals surface area contributed by atoms with Crippen molar-refractivity contribution in [3.8, 4) is 0 Å². The van der Waals surface area contributed by atoms with Crippen molar-refractivity contribution >= 4 is 23.4 Å². The van der Waals surface area contributed by atoms with Gasteiger partial charge in [-0.15, -0.1) is 11.6 Å². The maximum atomic E-state index is 13.6. The lowest BCUT2D eigenvalue weighted by Crippen LogP contribution is -1.84. The van der Waals surface area contributed by atoms with Crippen LogP contribution >= 0.6 is 23.4 Å². The molecule has 0 amide bonds. The van der Waals surface area contributed by atoms with E-state index in [0.717, 1.165) is 10.5 Å². The van der Waals surface area contributed by atoms with Crippen LogP contribution in [0.4, 0.5) is 4.39 Å². The van der Waals surface area contributed by atoms with Crippen LogP contribution in [0, 0.1) is 5.82 Å². The minimum absolute atomic E-state index is 0.216. The molecule has 3 heteroatoms. The summed E-state index contributed by atoms with van der Waals surface area (Å²) in [4.78, 5) is 1.65. The molecule has 82 valence electrons. The second-order valence-electron chi connectivity index (χ2n) is 3.31. The average molecular weight is 253 g/mol. The zero-order chi connectivity index (χ0) is 11.4. The minimum atomic E-state index is -0.216. The van der Waals surface area contributed by atoms with Crippen molar-refractivity contribution in [2.24, 2.45) is 0 Å². The Bertz CT molecular complexity index is 471. The molecule has 0 aliphatic heterocycles. The van der Waals surface area contributed by atoms with E-state index in [1.54, 1.807) is 6.07 Å². The first-order chi connectivity index (χ1) is 7.79. The van der Waals surface area contributed by atoms with E-state index < -0.39 is 0 Å². The molecule has 0 spiro atoms. The normalized spacial score (nSPS) is 10.4. The van der Waals surface area contributed by atoms with E-state index >= 15 is 0 Å². The Morgan fingerprint density at radius 2 is 1.81 bits per heavy atom. The Hall–Kier alpha value is -0.990. The lowest BCUT2D eigenvalue weighted by molar-refractivity contribution is 0.600. The minimum Gasteiger partial charge on any atom is -0.206 e. The molecule has 0 atom stereocenters. The summed E-state index contributed by atoms with van der Waals surface area (Å²) >= 11 is 7.05. The van der Waals surface area contributed by atoms with Crippen LogP contribution in [0.25, 0.3) is 0 Å². The fourth-order valence-corrected chi connectivity index (χ4v) is 2.33. The average Bonchev–Trinajstić information content (AvgIpc) is 2.33. The van der Waals surface area contributed by atoms with E-state index in [2.05, 4.69) is 0 Å². The van der Waals surface area contributed by atoms with Gasteiger partial charge in [0.15, 0.2) is 0 Å². The smallest absolute Gasteiger partial charge is 0.137 e. The largest absolute Gasteiger partial charge is 0.206 e. The highest BCUT2D eigenvalue weighted by atomic mass is 35.5. The summed E-state index contributed by atoms with van der Waals surface area (Å²) in [6.45, 7) is 0. The predicted molar refractivity (Wildman–Crippen MR) is 66.5 cm³/mol. The molecule has 0 N–H and O–H groups in total. The Balaban J connectivity index is 2.22. The summed E-state index contributed by atoms with van der Waals surface area (Å²) in [5, 5.41) is 0. The number of benzene rings is 2. The fraction of sp³-hybridized carbons (Fsp3) is 0.0769. The highest BCUT2D eigenvalue weighted by molar-refractivity contribution is 7.99. The molecular formula is C13H10ClFS. The quantitative estimate of drug-likeness (QED) is 0.713. The van der Waals surface area contributed by atoms with E-state index in [1.165, 1.54) is 17.8 Å². The third-order valence-corrected chi connectivity index (χ3v) is 3.49. The van der Waals surface area contributed by atoms with Crippen LogP contribution in [0.15, 0.2) is 58.3 Å². The van der Waals surface area contributed by atoms with Crippen molar-refractivity contribution in [2.45, 2.75) is 15.7 Å². The predicted octanol–water partition coefficient (Wildman–Crippen LogP) is 4.72. The number of hydrogen-bond acceptors (Lipinski definition) is 1. The molecule has 0 aromatic heterocycles. The summed E-state index contributed by atoms with van der Waals surface area (Å²) in [7, 11) is 0. The van der Waals surface area contributed by atoms with E-state index in [0.29, 0.717) is 10.8 Å². The van der Waals surface area contributed by atoms with Gasteiger partial charge in [-0.1, -0.05) is 36.0 Å². The number of hydrogen-bond donors (Lipinski definition) is 0. The van der Waals surface area contributed by atoms with E-state index in [1.807, 2.05) is 36.4 Å². The Kier molecular flexibility index (Phi) is 3.86. The Morgan fingerprint density at radius 1 is 1.06 bits per heavy atom. The van der Waals surface area contributed by atoms with E-state index in [9.17, 15) is 4.39 Å². The lowest BCUT2D eigenvalue weighted by Gasteiger charge is -2.04. The second-order valence-corrected chi connectivity index (χ2v) is 4.70. The van der Waals surface area contributed by atoms with Crippen LogP contribution in [0.5, 0.6) is 0 Å². The SMILES string of the molecule is Fc1cc(CCl)ccc1Sc1ccccc1. The van der Waals surface area contributed by atoms with Crippen LogP contribution in [0.3, 0.4) is 0 Å². The second kappa shape index (κ2) is 5.37. The van der Waals surface area contributed by atoms with Gasteiger partial charge < -0.3 is 0 Å². The van der Waals surface area contributed by atoms with Gasteiger partial charge in [0.05, 0.1) is 0 Å². The molecule has 16 heavy (non-hydrogen) atoms. The first-order valence-corrected chi connectivity index (χ1v) is 6.22. The first kappa shape index (κ1) is 11.5. The molecule has 0 saturated carbocycles. The zero-order valence-corrected chi connectivity index (χ0v) is 10.1. The molecule has 0 bridgehead atoms. The molecule has 0 radical (unpaired) electrons. The highest BCUT2D eigenvalue weighted by Crippen LogP contribution is 2.30. The molecule has 2 rings (SSSR count). The van der Waals surface area contributed by atoms with Gasteiger partial charge in [0.25, 0.3) is 0 Å². The van der Waals surface area contributed by atoms with Crippen LogP contribution in [0.2, 0.25) is 0 Å². The molecule has 0 nitrogen and oxygen atoms in total. The van der Waals surface area contributed by atoms with Gasteiger partial charge in [0, 0.05) is 15.7 Å². The van der Waals surface area contributed by atoms with Crippen molar-refractivity contribution in [2.75, 3.05) is 0 Å². The third kappa shape index (κ3) is 2.77. The lowest BCUT2D eigenvalue weighted by atomic mass is 10.2. The molecular weight excluding hydrogens is 243 g/mol. The highest BCUT2D eigenvalue weighted by Gasteiger charge is 2.04. The van der Waals surface area contributed by atoms with Crippen molar-refractivity contribution in [3.63, 3.8) is 0 Å². The van der Waals surface area contributed by atoms with Gasteiger partial charge >= 0.3 is 0 Å². The third-order valence-electron chi connectivity index (χ3n) is 2.12. The Labute approximate surface area is 103 Å². The molecule has 0 saturated heterocycles. The van der Waals surface area contributed by atoms with Crippen molar-refractivity contribution in [1.29, 1.82) is 0 Å². The molecule has 2 aromatic carbocycles. The maximum Gasteiger partial charge on any atom is 0.137 e. The number of alkyl halides is 1. The van der Waals surface area contributed by atoms with E-state index in [-0.39, 0.29) is 5.82 Å². The van der Waals surface area contributed by atoms with Gasteiger partial charge in [0.1, 0.15) is 5.82 Å². The van der Waals surface area contributed by atoms with Crippen LogP contribution in [0.1, 0.15) is 5.56 Å². The van der Waals surface area contributed by atoms with Crippen LogP contribution < -0.4 is 0 Å². The summed E-state index contributed by atoms with van der Waals surface area (Å²) in [6, 6.07) is 14.8. The van der Waals surface area contributed by atoms with Gasteiger partial charge in [0.2, 0.25) is 0 Å². The van der Waals surface area contributed by atoms with Gasteiger partial charge in [-0.2, -0.15) is 0 Å². The summed E-state index contributed by atoms with van der Waals surface area (Å²) in [5.74, 6) is 0.125. The molecule has 0 heterocycles. The van der Waals surface area contributed by atoms with Gasteiger partial charge in [-0.3, -0.25) is 0 Å². The van der Waals surface area contributed by atoms with Crippen LogP contribution in [-0.4, -0.2) is 0 Å². The first-order valence-electron chi connectivity index (χ1n) is 4.87. The zero-order valence-electron chi connectivity index (χ0n) is 8.49. The topological polar surface area (TPSA) is 0 Å². The molecule has 0 aliphatic rings. The van der Waals surface area contributed by atoms with Crippen molar-refractivity contribution in [3.05, 3.63) is 59.9 Å². The standard InChI is InChI=1S/C13H10ClFS/c14-9-10-6-7-13(12(15)8-10)16-11-4-2-1-3-5-11/h1-8H,9H2. The van der Waals surface area contributed by atoms with Crippen molar-refractivity contribution < 1.29 is 4.39 Å². The molecule has 0 fully saturated rings.